The van der Waals surface area contributed by atoms with Gasteiger partial charge in [-0.1, -0.05) is 0 Å². The summed E-state index contributed by atoms with van der Waals surface area (Å²) in [5, 5.41) is 15.5. The van der Waals surface area contributed by atoms with Crippen LogP contribution in [0.3, 0.4) is 0 Å². The summed E-state index contributed by atoms with van der Waals surface area (Å²) in [4.78, 5) is 26.1. The van der Waals surface area contributed by atoms with Gasteiger partial charge in [-0.2, -0.15) is 4.99 Å². The molecular weight excluding hydrogens is 354 g/mol. The fraction of sp³-hybridized carbons (Fsp3) is 0.571. The van der Waals surface area contributed by atoms with E-state index >= 15 is 0 Å². The highest BCUT2D eigenvalue weighted by Crippen LogP contribution is 2.56. The number of rotatable bonds is 4. The van der Waals surface area contributed by atoms with E-state index in [2.05, 4.69) is 20.3 Å². The number of fused-ring (bicyclic) bond motifs is 1. The number of hydrogen-bond acceptors (Lipinski definition) is 4. The molecule has 2 heterocycles. The summed E-state index contributed by atoms with van der Waals surface area (Å²) < 4.78 is 0. The van der Waals surface area contributed by atoms with E-state index < -0.39 is 5.60 Å². The number of aliphatic hydroxyl groups is 1. The number of amides is 1. The second-order valence-corrected chi connectivity index (χ2v) is 9.16. The average molecular weight is 381 g/mol. The lowest BCUT2D eigenvalue weighted by Crippen LogP contribution is -2.59. The maximum atomic E-state index is 12.8. The van der Waals surface area contributed by atoms with E-state index in [4.69, 9.17) is 0 Å². The first-order valence-corrected chi connectivity index (χ1v) is 10.1. The number of hydrogen-bond donors (Lipinski definition) is 3. The van der Waals surface area contributed by atoms with Crippen LogP contribution in [0, 0.1) is 17.8 Å². The minimum absolute atomic E-state index is 0.279. The largest absolute Gasteiger partial charge is 0.390 e. The molecule has 0 aliphatic heterocycles. The minimum atomic E-state index is -0.467. The van der Waals surface area contributed by atoms with Crippen LogP contribution >= 0.6 is 0 Å². The molecule has 0 aromatic carbocycles. The van der Waals surface area contributed by atoms with Crippen molar-refractivity contribution in [3.63, 3.8) is 0 Å². The zero-order chi connectivity index (χ0) is 19.5. The first-order chi connectivity index (χ1) is 13.4. The zero-order valence-corrected chi connectivity index (χ0v) is 16.4. The van der Waals surface area contributed by atoms with Gasteiger partial charge in [0.25, 0.3) is 5.91 Å². The number of aromatic nitrogens is 2. The summed E-state index contributed by atoms with van der Waals surface area (Å²) >= 11 is 0. The number of carbonyl (C=O) groups excluding carboxylic acids is 1. The van der Waals surface area contributed by atoms with Crippen molar-refractivity contribution in [3.8, 4) is 0 Å². The van der Waals surface area contributed by atoms with Gasteiger partial charge in [0, 0.05) is 37.9 Å². The van der Waals surface area contributed by atoms with Gasteiger partial charge >= 0.3 is 0 Å². The van der Waals surface area contributed by atoms with Gasteiger partial charge in [0.1, 0.15) is 5.65 Å². The molecule has 4 fully saturated rings. The quantitative estimate of drug-likeness (QED) is 0.559. The molecule has 0 radical (unpaired) electrons. The number of carbonyl (C=O) groups is 1. The summed E-state index contributed by atoms with van der Waals surface area (Å²) in [6.45, 7) is 0. The van der Waals surface area contributed by atoms with Crippen molar-refractivity contribution in [2.75, 3.05) is 19.4 Å². The van der Waals surface area contributed by atoms with Crippen LogP contribution in [0.25, 0.3) is 11.0 Å². The van der Waals surface area contributed by atoms with E-state index in [1.807, 2.05) is 26.4 Å². The molecule has 7 nitrogen and oxygen atoms in total. The highest BCUT2D eigenvalue weighted by Gasteiger charge is 2.54. The minimum Gasteiger partial charge on any atom is -0.390 e. The molecule has 0 spiro atoms. The first-order valence-electron chi connectivity index (χ1n) is 10.1. The van der Waals surface area contributed by atoms with Crippen molar-refractivity contribution < 1.29 is 9.90 Å². The lowest BCUT2D eigenvalue weighted by Gasteiger charge is -2.58. The molecule has 6 rings (SSSR count). The average Bonchev–Trinajstić information content (AvgIpc) is 3.10. The Morgan fingerprint density at radius 3 is 2.79 bits per heavy atom. The summed E-state index contributed by atoms with van der Waals surface area (Å²) in [5.41, 5.74) is 1.61. The van der Waals surface area contributed by atoms with Gasteiger partial charge in [0.05, 0.1) is 23.2 Å². The smallest absolute Gasteiger partial charge is 0.282 e. The normalized spacial score (nSPS) is 33.7. The van der Waals surface area contributed by atoms with Crippen LogP contribution in [-0.2, 0) is 0 Å². The van der Waals surface area contributed by atoms with E-state index in [0.717, 1.165) is 36.0 Å². The summed E-state index contributed by atoms with van der Waals surface area (Å²) in [6, 6.07) is 2.24. The van der Waals surface area contributed by atoms with E-state index in [1.165, 1.54) is 19.2 Å². The Morgan fingerprint density at radius 2 is 2.11 bits per heavy atom. The second-order valence-electron chi connectivity index (χ2n) is 9.16. The van der Waals surface area contributed by atoms with E-state index in [1.54, 1.807) is 11.1 Å². The molecule has 4 saturated carbocycles. The molecule has 3 unspecified atom stereocenters. The lowest BCUT2D eigenvalue weighted by atomic mass is 9.52. The number of anilines is 1. The van der Waals surface area contributed by atoms with Crippen molar-refractivity contribution in [3.05, 3.63) is 24.0 Å². The molecule has 2 aromatic heterocycles. The van der Waals surface area contributed by atoms with Gasteiger partial charge in [-0.15, -0.1) is 0 Å². The highest BCUT2D eigenvalue weighted by molar-refractivity contribution is 6.08. The predicted octanol–water partition coefficient (Wildman–Crippen LogP) is 2.64. The Kier molecular flexibility index (Phi) is 3.98. The third kappa shape index (κ3) is 2.89. The molecule has 3 N–H and O–H groups in total. The first kappa shape index (κ1) is 17.7. The molecule has 28 heavy (non-hydrogen) atoms. The van der Waals surface area contributed by atoms with E-state index in [-0.39, 0.29) is 11.9 Å². The fourth-order valence-corrected chi connectivity index (χ4v) is 5.95. The Balaban J connectivity index is 1.51. The van der Waals surface area contributed by atoms with Crippen LogP contribution in [0.4, 0.5) is 5.69 Å². The number of pyridine rings is 1. The molecule has 1 amide bonds. The predicted molar refractivity (Wildman–Crippen MR) is 109 cm³/mol. The van der Waals surface area contributed by atoms with Crippen LogP contribution in [0.1, 0.15) is 42.5 Å². The van der Waals surface area contributed by atoms with Crippen LogP contribution in [0.5, 0.6) is 0 Å². The van der Waals surface area contributed by atoms with Crippen LogP contribution in [0.15, 0.2) is 23.5 Å². The third-order valence-electron chi connectivity index (χ3n) is 6.77. The molecule has 4 bridgehead atoms. The Hall–Kier alpha value is -2.41. The Labute approximate surface area is 164 Å². The van der Waals surface area contributed by atoms with Gasteiger partial charge < -0.3 is 20.3 Å². The molecule has 4 aliphatic rings. The van der Waals surface area contributed by atoms with Crippen molar-refractivity contribution in [2.45, 2.75) is 43.7 Å². The number of aromatic amines is 1. The fourth-order valence-electron chi connectivity index (χ4n) is 5.95. The molecule has 5 atom stereocenters. The summed E-state index contributed by atoms with van der Waals surface area (Å²) in [7, 11) is 3.67. The van der Waals surface area contributed by atoms with Gasteiger partial charge in [0.15, 0.2) is 0 Å². The van der Waals surface area contributed by atoms with Crippen LogP contribution < -0.4 is 5.32 Å². The monoisotopic (exact) mass is 381 g/mol. The lowest BCUT2D eigenvalue weighted by molar-refractivity contribution is -0.129. The Morgan fingerprint density at radius 1 is 1.36 bits per heavy atom. The molecule has 148 valence electrons. The van der Waals surface area contributed by atoms with E-state index in [0.29, 0.717) is 23.3 Å². The SMILES string of the molecule is CN(C)C=NC(=O)c1cnc2[nH]ccc2c1NC1[C@@H]2CC3C[C@H]1CC(O)(C3)C2. The van der Waals surface area contributed by atoms with Crippen molar-refractivity contribution in [1.82, 2.24) is 14.9 Å². The number of aliphatic imine (C=N–C) groups is 1. The molecular formula is C21H27N5O2. The molecule has 0 saturated heterocycles. The zero-order valence-electron chi connectivity index (χ0n) is 16.4. The summed E-state index contributed by atoms with van der Waals surface area (Å²) in [6.07, 6.45) is 10.0. The van der Waals surface area contributed by atoms with Crippen LogP contribution in [-0.4, -0.2) is 58.0 Å². The topological polar surface area (TPSA) is 93.6 Å². The Bertz CT molecular complexity index is 933. The third-order valence-corrected chi connectivity index (χ3v) is 6.77. The van der Waals surface area contributed by atoms with Crippen molar-refractivity contribution in [2.24, 2.45) is 22.7 Å². The second kappa shape index (κ2) is 6.30. The maximum absolute atomic E-state index is 12.8. The standard InChI is InChI=1S/C21H27N5O2/c1-26(2)11-24-20(27)16-10-23-19-15(3-4-22-19)18(16)25-17-13-5-12-6-14(17)9-21(28,7-12)8-13/h3-4,10-14,17,28H,5-9H2,1-2H3,(H2,22,23,25)/t12?,13-,14+,17?,21?. The molecule has 2 aromatic rings. The van der Waals surface area contributed by atoms with Crippen molar-refractivity contribution in [1.29, 1.82) is 0 Å². The van der Waals surface area contributed by atoms with Gasteiger partial charge in [0.2, 0.25) is 0 Å². The molecule has 4 aliphatic carbocycles. The number of nitrogens with zero attached hydrogens (tertiary/aromatic N) is 3. The highest BCUT2D eigenvalue weighted by atomic mass is 16.3. The van der Waals surface area contributed by atoms with Crippen LogP contribution in [0.2, 0.25) is 0 Å². The van der Waals surface area contributed by atoms with E-state index in [9.17, 15) is 9.90 Å². The summed E-state index contributed by atoms with van der Waals surface area (Å²) in [5.74, 6) is 1.25. The van der Waals surface area contributed by atoms with Crippen molar-refractivity contribution >= 4 is 29.0 Å². The van der Waals surface area contributed by atoms with Gasteiger partial charge in [-0.25, -0.2) is 4.98 Å². The van der Waals surface area contributed by atoms with Gasteiger partial charge in [-0.05, 0) is 55.9 Å². The number of H-pyrrole nitrogens is 1. The van der Waals surface area contributed by atoms with Gasteiger partial charge in [-0.3, -0.25) is 4.79 Å². The molecule has 7 heteroatoms. The number of nitrogens with one attached hydrogen (secondary N) is 2. The maximum Gasteiger partial charge on any atom is 0.282 e.